The first-order valence-electron chi connectivity index (χ1n) is 7.63. The van der Waals surface area contributed by atoms with Crippen LogP contribution in [0.25, 0.3) is 0 Å². The van der Waals surface area contributed by atoms with Crippen LogP contribution >= 0.6 is 0 Å². The second-order valence-electron chi connectivity index (χ2n) is 5.74. The van der Waals surface area contributed by atoms with Gasteiger partial charge in [-0.05, 0) is 31.4 Å². The zero-order valence-electron chi connectivity index (χ0n) is 13.1. The quantitative estimate of drug-likeness (QED) is 0.842. The average Bonchev–Trinajstić information content (AvgIpc) is 2.50. The number of aliphatic hydroxyl groups is 1. The standard InChI is InChI=1S/C19H25NO/c1-4-18(19(21)17-11-7-15(3)8-12-17)20-13-16-9-5-14(2)6-10-16/h5-12,18-21H,4,13H2,1-3H3. The fraction of sp³-hybridized carbons (Fsp3) is 0.368. The third-order valence-corrected chi connectivity index (χ3v) is 3.93. The molecule has 2 nitrogen and oxygen atoms in total. The Labute approximate surface area is 127 Å². The van der Waals surface area contributed by atoms with E-state index in [1.165, 1.54) is 16.7 Å². The first-order valence-corrected chi connectivity index (χ1v) is 7.63. The molecule has 2 unspecified atom stereocenters. The van der Waals surface area contributed by atoms with Crippen molar-refractivity contribution in [1.82, 2.24) is 5.32 Å². The van der Waals surface area contributed by atoms with E-state index in [2.05, 4.69) is 50.4 Å². The molecule has 0 bridgehead atoms. The Morgan fingerprint density at radius 2 is 1.43 bits per heavy atom. The average molecular weight is 283 g/mol. The molecule has 2 aromatic carbocycles. The number of aryl methyl sites for hydroxylation is 2. The van der Waals surface area contributed by atoms with Crippen LogP contribution in [0.2, 0.25) is 0 Å². The summed E-state index contributed by atoms with van der Waals surface area (Å²) in [6, 6.07) is 16.7. The van der Waals surface area contributed by atoms with Crippen molar-refractivity contribution in [3.8, 4) is 0 Å². The molecule has 2 heteroatoms. The van der Waals surface area contributed by atoms with E-state index in [1.54, 1.807) is 0 Å². The number of benzene rings is 2. The molecule has 2 aromatic rings. The normalized spacial score (nSPS) is 13.9. The third-order valence-electron chi connectivity index (χ3n) is 3.93. The van der Waals surface area contributed by atoms with Gasteiger partial charge in [-0.15, -0.1) is 0 Å². The third kappa shape index (κ3) is 4.42. The summed E-state index contributed by atoms with van der Waals surface area (Å²) < 4.78 is 0. The van der Waals surface area contributed by atoms with Gasteiger partial charge in [-0.1, -0.05) is 66.6 Å². The fourth-order valence-electron chi connectivity index (χ4n) is 2.43. The minimum Gasteiger partial charge on any atom is -0.387 e. The first-order chi connectivity index (χ1) is 10.1. The number of rotatable bonds is 6. The Balaban J connectivity index is 1.98. The van der Waals surface area contributed by atoms with Crippen molar-refractivity contribution < 1.29 is 5.11 Å². The van der Waals surface area contributed by atoms with Crippen LogP contribution in [0.15, 0.2) is 48.5 Å². The molecule has 0 fully saturated rings. The van der Waals surface area contributed by atoms with Crippen LogP contribution in [0.4, 0.5) is 0 Å². The Kier molecular flexibility index (Phi) is 5.54. The Bertz CT molecular complexity index is 545. The van der Waals surface area contributed by atoms with Gasteiger partial charge in [-0.25, -0.2) is 0 Å². The van der Waals surface area contributed by atoms with Gasteiger partial charge in [-0.3, -0.25) is 0 Å². The van der Waals surface area contributed by atoms with E-state index in [1.807, 2.05) is 24.3 Å². The molecule has 2 atom stereocenters. The predicted molar refractivity (Wildman–Crippen MR) is 88.2 cm³/mol. The molecule has 21 heavy (non-hydrogen) atoms. The summed E-state index contributed by atoms with van der Waals surface area (Å²) in [5.74, 6) is 0. The van der Waals surface area contributed by atoms with E-state index in [-0.39, 0.29) is 6.04 Å². The van der Waals surface area contributed by atoms with Crippen molar-refractivity contribution in [2.45, 2.75) is 45.9 Å². The summed E-state index contributed by atoms with van der Waals surface area (Å²) in [6.07, 6.45) is 0.419. The van der Waals surface area contributed by atoms with Gasteiger partial charge in [0.15, 0.2) is 0 Å². The van der Waals surface area contributed by atoms with Crippen LogP contribution in [-0.2, 0) is 6.54 Å². The molecule has 0 aliphatic heterocycles. The lowest BCUT2D eigenvalue weighted by Gasteiger charge is -2.23. The van der Waals surface area contributed by atoms with Crippen molar-refractivity contribution in [3.05, 3.63) is 70.8 Å². The van der Waals surface area contributed by atoms with Gasteiger partial charge >= 0.3 is 0 Å². The first kappa shape index (κ1) is 15.7. The highest BCUT2D eigenvalue weighted by molar-refractivity contribution is 5.24. The largest absolute Gasteiger partial charge is 0.387 e. The van der Waals surface area contributed by atoms with Gasteiger partial charge in [0.05, 0.1) is 6.10 Å². The Morgan fingerprint density at radius 3 is 1.95 bits per heavy atom. The van der Waals surface area contributed by atoms with Crippen molar-refractivity contribution in [2.24, 2.45) is 0 Å². The molecule has 0 radical (unpaired) electrons. The minimum atomic E-state index is -0.471. The number of aliphatic hydroxyl groups excluding tert-OH is 1. The lowest BCUT2D eigenvalue weighted by Crippen LogP contribution is -2.34. The van der Waals surface area contributed by atoms with Gasteiger partial charge in [0, 0.05) is 12.6 Å². The molecule has 112 valence electrons. The zero-order valence-corrected chi connectivity index (χ0v) is 13.1. The maximum absolute atomic E-state index is 10.5. The highest BCUT2D eigenvalue weighted by atomic mass is 16.3. The molecule has 0 aromatic heterocycles. The zero-order chi connectivity index (χ0) is 15.2. The number of hydrogen-bond donors (Lipinski definition) is 2. The van der Waals surface area contributed by atoms with Crippen LogP contribution in [0.5, 0.6) is 0 Å². The maximum atomic E-state index is 10.5. The molecule has 0 saturated heterocycles. The van der Waals surface area contributed by atoms with Crippen LogP contribution in [0.1, 0.15) is 41.7 Å². The Hall–Kier alpha value is -1.64. The molecule has 2 rings (SSSR count). The van der Waals surface area contributed by atoms with Crippen molar-refractivity contribution in [3.63, 3.8) is 0 Å². The van der Waals surface area contributed by atoms with Crippen LogP contribution in [0, 0.1) is 13.8 Å². The molecule has 0 aliphatic carbocycles. The summed E-state index contributed by atoms with van der Waals surface area (Å²) in [4.78, 5) is 0. The molecule has 0 heterocycles. The van der Waals surface area contributed by atoms with E-state index in [0.717, 1.165) is 18.5 Å². The lowest BCUT2D eigenvalue weighted by atomic mass is 9.99. The molecular weight excluding hydrogens is 258 g/mol. The maximum Gasteiger partial charge on any atom is 0.0942 e. The predicted octanol–water partition coefficient (Wildman–Crippen LogP) is 3.91. The van der Waals surface area contributed by atoms with Crippen LogP contribution in [0.3, 0.4) is 0 Å². The summed E-state index contributed by atoms with van der Waals surface area (Å²) in [5.41, 5.74) is 4.70. The van der Waals surface area contributed by atoms with Gasteiger partial charge in [-0.2, -0.15) is 0 Å². The van der Waals surface area contributed by atoms with Gasteiger partial charge in [0.1, 0.15) is 0 Å². The van der Waals surface area contributed by atoms with E-state index in [4.69, 9.17) is 0 Å². The SMILES string of the molecule is CCC(NCc1ccc(C)cc1)C(O)c1ccc(C)cc1. The molecule has 0 saturated carbocycles. The topological polar surface area (TPSA) is 32.3 Å². The molecular formula is C19H25NO. The van der Waals surface area contributed by atoms with Crippen molar-refractivity contribution in [1.29, 1.82) is 0 Å². The highest BCUT2D eigenvalue weighted by Crippen LogP contribution is 2.20. The molecule has 0 aliphatic rings. The van der Waals surface area contributed by atoms with Gasteiger partial charge in [0.25, 0.3) is 0 Å². The van der Waals surface area contributed by atoms with Crippen molar-refractivity contribution >= 4 is 0 Å². The van der Waals surface area contributed by atoms with Crippen molar-refractivity contribution in [2.75, 3.05) is 0 Å². The summed E-state index contributed by atoms with van der Waals surface area (Å²) >= 11 is 0. The lowest BCUT2D eigenvalue weighted by molar-refractivity contribution is 0.125. The number of hydrogen-bond acceptors (Lipinski definition) is 2. The van der Waals surface area contributed by atoms with E-state index in [9.17, 15) is 5.11 Å². The second-order valence-corrected chi connectivity index (χ2v) is 5.74. The summed E-state index contributed by atoms with van der Waals surface area (Å²) in [7, 11) is 0. The number of nitrogens with one attached hydrogen (secondary N) is 1. The smallest absolute Gasteiger partial charge is 0.0942 e. The minimum absolute atomic E-state index is 0.0639. The summed E-state index contributed by atoms with van der Waals surface area (Å²) in [5, 5.41) is 14.0. The van der Waals surface area contributed by atoms with Crippen LogP contribution in [-0.4, -0.2) is 11.1 Å². The monoisotopic (exact) mass is 283 g/mol. The van der Waals surface area contributed by atoms with Crippen LogP contribution < -0.4 is 5.32 Å². The fourth-order valence-corrected chi connectivity index (χ4v) is 2.43. The van der Waals surface area contributed by atoms with Gasteiger partial charge < -0.3 is 10.4 Å². The van der Waals surface area contributed by atoms with E-state index >= 15 is 0 Å². The van der Waals surface area contributed by atoms with E-state index in [0.29, 0.717) is 0 Å². The molecule has 0 spiro atoms. The second kappa shape index (κ2) is 7.39. The van der Waals surface area contributed by atoms with Gasteiger partial charge in [0.2, 0.25) is 0 Å². The Morgan fingerprint density at radius 1 is 0.905 bits per heavy atom. The van der Waals surface area contributed by atoms with E-state index < -0.39 is 6.10 Å². The summed E-state index contributed by atoms with van der Waals surface area (Å²) in [6.45, 7) is 7.03. The molecule has 0 amide bonds. The highest BCUT2D eigenvalue weighted by Gasteiger charge is 2.18. The molecule has 2 N–H and O–H groups in total.